The lowest BCUT2D eigenvalue weighted by molar-refractivity contribution is -0.384. The molecule has 1 aromatic carbocycles. The van der Waals surface area contributed by atoms with Crippen LogP contribution in [0.2, 0.25) is 0 Å². The number of hydrogen-bond donors (Lipinski definition) is 1. The number of thiophene rings is 1. The van der Waals surface area contributed by atoms with Crippen LogP contribution in [0, 0.1) is 21.4 Å². The van der Waals surface area contributed by atoms with E-state index in [4.69, 9.17) is 5.26 Å². The average molecular weight is 394 g/mol. The Morgan fingerprint density at radius 3 is 2.54 bits per heavy atom. The minimum Gasteiger partial charge on any atom is -0.375 e. The average Bonchev–Trinajstić information content (AvgIpc) is 3.10. The number of anilines is 1. The van der Waals surface area contributed by atoms with Gasteiger partial charge in [0.2, 0.25) is 0 Å². The number of nitrogens with zero attached hydrogens (tertiary/aromatic N) is 3. The fraction of sp³-hybridized carbons (Fsp3) is 0.312. The van der Waals surface area contributed by atoms with Crippen molar-refractivity contribution in [2.24, 2.45) is 0 Å². The highest BCUT2D eigenvalue weighted by molar-refractivity contribution is 7.91. The molecule has 138 valence electrons. The van der Waals surface area contributed by atoms with Crippen molar-refractivity contribution < 1.29 is 13.3 Å². The van der Waals surface area contributed by atoms with Gasteiger partial charge in [-0.1, -0.05) is 13.8 Å². The van der Waals surface area contributed by atoms with Crippen molar-refractivity contribution in [2.75, 3.05) is 18.4 Å². The molecule has 1 aromatic heterocycles. The summed E-state index contributed by atoms with van der Waals surface area (Å²) in [5.41, 5.74) is 0.276. The van der Waals surface area contributed by atoms with Crippen LogP contribution < -0.4 is 5.32 Å². The molecule has 0 aliphatic carbocycles. The molecule has 0 aliphatic rings. The van der Waals surface area contributed by atoms with Gasteiger partial charge in [0, 0.05) is 30.6 Å². The van der Waals surface area contributed by atoms with Crippen LogP contribution in [0.3, 0.4) is 0 Å². The smallest absolute Gasteiger partial charge is 0.293 e. The molecule has 26 heavy (non-hydrogen) atoms. The van der Waals surface area contributed by atoms with E-state index in [-0.39, 0.29) is 27.7 Å². The quantitative estimate of drug-likeness (QED) is 0.543. The molecule has 0 amide bonds. The molecule has 0 saturated heterocycles. The van der Waals surface area contributed by atoms with Crippen LogP contribution in [-0.2, 0) is 16.6 Å². The number of nitro groups is 1. The standard InChI is InChI=1S/C16H18N4O4S2/c1-3-19(4-2)26(23,24)16-8-6-13(25-16)11-18-14-7-5-12(10-17)9-15(14)20(21)22/h5-9,18H,3-4,11H2,1-2H3. The van der Waals surface area contributed by atoms with Crippen molar-refractivity contribution in [3.63, 3.8) is 0 Å². The Morgan fingerprint density at radius 1 is 1.27 bits per heavy atom. The number of nitrogens with one attached hydrogen (secondary N) is 1. The van der Waals surface area contributed by atoms with Crippen LogP contribution in [-0.4, -0.2) is 30.7 Å². The van der Waals surface area contributed by atoms with Gasteiger partial charge in [0.05, 0.1) is 16.6 Å². The van der Waals surface area contributed by atoms with E-state index >= 15 is 0 Å². The highest BCUT2D eigenvalue weighted by atomic mass is 32.2. The molecule has 0 saturated carbocycles. The Labute approximate surface area is 155 Å². The van der Waals surface area contributed by atoms with Crippen LogP contribution in [0.5, 0.6) is 0 Å². The molecule has 2 aromatic rings. The second-order valence-corrected chi connectivity index (χ2v) is 8.60. The predicted octanol–water partition coefficient (Wildman–Crippen LogP) is 3.17. The minimum atomic E-state index is -3.51. The molecule has 0 aliphatic heterocycles. The normalized spacial score (nSPS) is 11.3. The Balaban J connectivity index is 2.19. The highest BCUT2D eigenvalue weighted by Crippen LogP contribution is 2.28. The minimum absolute atomic E-state index is 0.198. The molecular formula is C16H18N4O4S2. The van der Waals surface area contributed by atoms with E-state index < -0.39 is 14.9 Å². The van der Waals surface area contributed by atoms with Gasteiger partial charge in [0.25, 0.3) is 15.7 Å². The van der Waals surface area contributed by atoms with Gasteiger partial charge in [0.1, 0.15) is 9.90 Å². The van der Waals surface area contributed by atoms with Crippen LogP contribution in [0.15, 0.2) is 34.5 Å². The third-order valence-corrected chi connectivity index (χ3v) is 7.32. The van der Waals surface area contributed by atoms with Gasteiger partial charge in [-0.25, -0.2) is 8.42 Å². The van der Waals surface area contributed by atoms with E-state index in [2.05, 4.69) is 5.32 Å². The number of benzene rings is 1. The number of hydrogen-bond acceptors (Lipinski definition) is 7. The van der Waals surface area contributed by atoms with Crippen molar-refractivity contribution in [1.29, 1.82) is 5.26 Å². The summed E-state index contributed by atoms with van der Waals surface area (Å²) in [6.07, 6.45) is 0. The zero-order valence-corrected chi connectivity index (χ0v) is 15.9. The summed E-state index contributed by atoms with van der Waals surface area (Å²) in [6, 6.07) is 9.25. The van der Waals surface area contributed by atoms with Gasteiger partial charge in [-0.05, 0) is 24.3 Å². The van der Waals surface area contributed by atoms with E-state index in [1.54, 1.807) is 26.0 Å². The molecule has 0 atom stereocenters. The summed E-state index contributed by atoms with van der Waals surface area (Å²) in [4.78, 5) is 11.3. The van der Waals surface area contributed by atoms with E-state index in [1.807, 2.05) is 6.07 Å². The maximum absolute atomic E-state index is 12.5. The molecule has 1 heterocycles. The summed E-state index contributed by atoms with van der Waals surface area (Å²) < 4.78 is 26.6. The number of sulfonamides is 1. The van der Waals surface area contributed by atoms with Crippen molar-refractivity contribution in [1.82, 2.24) is 4.31 Å². The van der Waals surface area contributed by atoms with E-state index in [0.29, 0.717) is 13.1 Å². The van der Waals surface area contributed by atoms with Gasteiger partial charge in [-0.2, -0.15) is 9.57 Å². The SMILES string of the molecule is CCN(CC)S(=O)(=O)c1ccc(CNc2ccc(C#N)cc2[N+](=O)[O-])s1. The molecule has 8 nitrogen and oxygen atoms in total. The van der Waals surface area contributed by atoms with E-state index in [0.717, 1.165) is 16.2 Å². The highest BCUT2D eigenvalue weighted by Gasteiger charge is 2.23. The molecule has 0 spiro atoms. The summed E-state index contributed by atoms with van der Waals surface area (Å²) in [5.74, 6) is 0. The van der Waals surface area contributed by atoms with Crippen molar-refractivity contribution in [3.8, 4) is 6.07 Å². The van der Waals surface area contributed by atoms with Crippen molar-refractivity contribution >= 4 is 32.7 Å². The second kappa shape index (κ2) is 8.27. The first-order valence-electron chi connectivity index (χ1n) is 7.84. The van der Waals surface area contributed by atoms with Gasteiger partial charge in [-0.15, -0.1) is 11.3 Å². The van der Waals surface area contributed by atoms with E-state index in [1.165, 1.54) is 22.5 Å². The lowest BCUT2D eigenvalue weighted by Crippen LogP contribution is -2.29. The van der Waals surface area contributed by atoms with Crippen LogP contribution in [0.1, 0.15) is 24.3 Å². The van der Waals surface area contributed by atoms with Crippen LogP contribution >= 0.6 is 11.3 Å². The lowest BCUT2D eigenvalue weighted by Gasteiger charge is -2.16. The largest absolute Gasteiger partial charge is 0.375 e. The number of rotatable bonds is 8. The van der Waals surface area contributed by atoms with Crippen molar-refractivity contribution in [2.45, 2.75) is 24.6 Å². The maximum atomic E-state index is 12.5. The third-order valence-electron chi connectivity index (χ3n) is 3.71. The Hall–Kier alpha value is -2.48. The first-order valence-corrected chi connectivity index (χ1v) is 10.1. The molecule has 0 bridgehead atoms. The first-order chi connectivity index (χ1) is 12.3. The van der Waals surface area contributed by atoms with Gasteiger partial charge in [0.15, 0.2) is 0 Å². The molecule has 0 fully saturated rings. The van der Waals surface area contributed by atoms with Crippen molar-refractivity contribution in [3.05, 3.63) is 50.9 Å². The molecule has 0 radical (unpaired) electrons. The Morgan fingerprint density at radius 2 is 1.96 bits per heavy atom. The number of nitro benzene ring substituents is 1. The summed E-state index contributed by atoms with van der Waals surface area (Å²) in [7, 11) is -3.51. The Kier molecular flexibility index (Phi) is 6.31. The molecule has 0 unspecified atom stereocenters. The third kappa shape index (κ3) is 4.19. The maximum Gasteiger partial charge on any atom is 0.293 e. The topological polar surface area (TPSA) is 116 Å². The zero-order chi connectivity index (χ0) is 19.3. The molecule has 1 N–H and O–H groups in total. The van der Waals surface area contributed by atoms with Gasteiger partial charge in [-0.3, -0.25) is 10.1 Å². The molecular weight excluding hydrogens is 376 g/mol. The van der Waals surface area contributed by atoms with E-state index in [9.17, 15) is 18.5 Å². The number of nitriles is 1. The monoisotopic (exact) mass is 394 g/mol. The fourth-order valence-corrected chi connectivity index (χ4v) is 5.27. The first kappa shape index (κ1) is 19.8. The second-order valence-electron chi connectivity index (χ2n) is 5.26. The van der Waals surface area contributed by atoms with Crippen LogP contribution in [0.4, 0.5) is 11.4 Å². The van der Waals surface area contributed by atoms with Gasteiger partial charge >= 0.3 is 0 Å². The molecule has 2 rings (SSSR count). The zero-order valence-electron chi connectivity index (χ0n) is 14.3. The molecule has 10 heteroatoms. The Bertz CT molecular complexity index is 943. The fourth-order valence-electron chi connectivity index (χ4n) is 2.37. The van der Waals surface area contributed by atoms with Crippen LogP contribution in [0.25, 0.3) is 0 Å². The summed E-state index contributed by atoms with van der Waals surface area (Å²) in [5, 5.41) is 22.9. The lowest BCUT2D eigenvalue weighted by atomic mass is 10.2. The summed E-state index contributed by atoms with van der Waals surface area (Å²) in [6.45, 7) is 4.58. The predicted molar refractivity (Wildman–Crippen MR) is 99.6 cm³/mol. The summed E-state index contributed by atoms with van der Waals surface area (Å²) >= 11 is 1.13. The van der Waals surface area contributed by atoms with Gasteiger partial charge < -0.3 is 5.32 Å².